The van der Waals surface area contributed by atoms with E-state index in [1.54, 1.807) is 0 Å². The molecule has 0 aliphatic heterocycles. The summed E-state index contributed by atoms with van der Waals surface area (Å²) in [6.45, 7) is 4.23. The number of hydrogen-bond acceptors (Lipinski definition) is 3. The fourth-order valence-corrected chi connectivity index (χ4v) is 3.25. The number of alkyl halides is 3. The number of anilines is 2. The van der Waals surface area contributed by atoms with E-state index in [9.17, 15) is 18.0 Å². The molecule has 0 bridgehead atoms. The van der Waals surface area contributed by atoms with Gasteiger partial charge >= 0.3 is 12.2 Å². The number of rotatable bonds is 4. The summed E-state index contributed by atoms with van der Waals surface area (Å²) in [4.78, 5) is 16.4. The van der Waals surface area contributed by atoms with Crippen molar-refractivity contribution in [2.24, 2.45) is 0 Å². The zero-order chi connectivity index (χ0) is 20.3. The Morgan fingerprint density at radius 1 is 1.07 bits per heavy atom. The summed E-state index contributed by atoms with van der Waals surface area (Å²) in [5.74, 6) is 0.432. The third-order valence-corrected chi connectivity index (χ3v) is 4.80. The quantitative estimate of drug-likeness (QED) is 0.514. The van der Waals surface area contributed by atoms with Crippen LogP contribution in [0.1, 0.15) is 30.9 Å². The van der Waals surface area contributed by atoms with Crippen LogP contribution in [0.3, 0.4) is 0 Å². The number of nitrogens with zero attached hydrogens (tertiary/aromatic N) is 1. The summed E-state index contributed by atoms with van der Waals surface area (Å²) in [6.07, 6.45) is -4.47. The van der Waals surface area contributed by atoms with Crippen molar-refractivity contribution in [3.63, 3.8) is 0 Å². The maximum Gasteiger partial charge on any atom is 0.416 e. The Morgan fingerprint density at radius 2 is 1.79 bits per heavy atom. The van der Waals surface area contributed by atoms with Crippen LogP contribution in [-0.4, -0.2) is 11.0 Å². The van der Waals surface area contributed by atoms with E-state index in [4.69, 9.17) is 0 Å². The van der Waals surface area contributed by atoms with E-state index in [1.165, 1.54) is 29.0 Å². The number of urea groups is 1. The van der Waals surface area contributed by atoms with Crippen LogP contribution in [0.4, 0.5) is 28.8 Å². The third kappa shape index (κ3) is 4.89. The fraction of sp³-hybridized carbons (Fsp3) is 0.200. The van der Waals surface area contributed by atoms with Gasteiger partial charge in [0.1, 0.15) is 0 Å². The first-order valence-corrected chi connectivity index (χ1v) is 9.41. The molecule has 3 rings (SSSR count). The van der Waals surface area contributed by atoms with E-state index in [-0.39, 0.29) is 5.69 Å². The number of nitrogens with one attached hydrogen (secondary N) is 2. The van der Waals surface area contributed by atoms with E-state index in [0.29, 0.717) is 11.0 Å². The normalized spacial score (nSPS) is 11.5. The van der Waals surface area contributed by atoms with Crippen molar-refractivity contribution in [1.82, 2.24) is 4.98 Å². The number of aromatic nitrogens is 1. The lowest BCUT2D eigenvalue weighted by molar-refractivity contribution is -0.137. The van der Waals surface area contributed by atoms with E-state index in [0.717, 1.165) is 23.4 Å². The van der Waals surface area contributed by atoms with E-state index < -0.39 is 17.8 Å². The van der Waals surface area contributed by atoms with Gasteiger partial charge in [-0.1, -0.05) is 44.2 Å². The zero-order valence-corrected chi connectivity index (χ0v) is 16.0. The molecule has 0 aliphatic carbocycles. The monoisotopic (exact) mass is 405 g/mol. The third-order valence-electron chi connectivity index (χ3n) is 4.05. The summed E-state index contributed by atoms with van der Waals surface area (Å²) >= 11 is 1.24. The Bertz CT molecular complexity index is 965. The minimum Gasteiger partial charge on any atom is -0.308 e. The second-order valence-corrected chi connectivity index (χ2v) is 7.33. The standard InChI is InChI=1S/C20H18F3N3OS/c1-12(2)13-6-8-14(9-7-13)17-11-28-19(25-17)26-18(27)24-16-5-3-4-15(10-16)20(21,22)23/h3-12H,1-2H3,(H2,24,25,26,27). The number of halogens is 3. The fourth-order valence-electron chi connectivity index (χ4n) is 2.54. The minimum atomic E-state index is -4.47. The van der Waals surface area contributed by atoms with Crippen LogP contribution < -0.4 is 10.6 Å². The van der Waals surface area contributed by atoms with Crippen molar-refractivity contribution in [1.29, 1.82) is 0 Å². The topological polar surface area (TPSA) is 54.0 Å². The predicted octanol–water partition coefficient (Wildman–Crippen LogP) is 6.60. The summed E-state index contributed by atoms with van der Waals surface area (Å²) in [6, 6.07) is 11.8. The van der Waals surface area contributed by atoms with Gasteiger partial charge in [-0.2, -0.15) is 13.2 Å². The number of amides is 2. The van der Waals surface area contributed by atoms with Crippen LogP contribution in [0.5, 0.6) is 0 Å². The maximum atomic E-state index is 12.7. The number of carbonyl (C=O) groups excluding carboxylic acids is 1. The summed E-state index contributed by atoms with van der Waals surface area (Å²) in [5.41, 5.74) is 2.08. The van der Waals surface area contributed by atoms with Crippen molar-refractivity contribution in [2.45, 2.75) is 25.9 Å². The summed E-state index contributed by atoms with van der Waals surface area (Å²) in [5, 5.41) is 7.10. The molecule has 0 atom stereocenters. The Hall–Kier alpha value is -2.87. The first-order chi connectivity index (χ1) is 13.2. The molecule has 4 nitrogen and oxygen atoms in total. The molecule has 0 radical (unpaired) electrons. The molecule has 2 N–H and O–H groups in total. The van der Waals surface area contributed by atoms with Crippen LogP contribution >= 0.6 is 11.3 Å². The highest BCUT2D eigenvalue weighted by Gasteiger charge is 2.30. The average Bonchev–Trinajstić information content (AvgIpc) is 3.09. The number of benzene rings is 2. The lowest BCUT2D eigenvalue weighted by atomic mass is 10.0. The molecule has 0 spiro atoms. The smallest absolute Gasteiger partial charge is 0.308 e. The molecule has 1 aromatic heterocycles. The predicted molar refractivity (Wildman–Crippen MR) is 106 cm³/mol. The van der Waals surface area contributed by atoms with Crippen molar-refractivity contribution in [3.05, 3.63) is 65.0 Å². The van der Waals surface area contributed by atoms with Crippen LogP contribution in [0.25, 0.3) is 11.3 Å². The molecule has 1 heterocycles. The molecule has 3 aromatic rings. The molecule has 0 aliphatic rings. The number of carbonyl (C=O) groups is 1. The Kier molecular flexibility index (Phi) is 5.69. The second-order valence-electron chi connectivity index (χ2n) is 6.47. The number of thiazole rings is 1. The van der Waals surface area contributed by atoms with Crippen LogP contribution in [0.15, 0.2) is 53.9 Å². The first kappa shape index (κ1) is 19.9. The lowest BCUT2D eigenvalue weighted by Gasteiger charge is -2.09. The van der Waals surface area contributed by atoms with Gasteiger partial charge in [0, 0.05) is 16.6 Å². The van der Waals surface area contributed by atoms with Gasteiger partial charge in [0.05, 0.1) is 11.3 Å². The van der Waals surface area contributed by atoms with E-state index >= 15 is 0 Å². The van der Waals surface area contributed by atoms with E-state index in [1.807, 2.05) is 29.6 Å². The van der Waals surface area contributed by atoms with Crippen molar-refractivity contribution < 1.29 is 18.0 Å². The second kappa shape index (κ2) is 8.02. The number of hydrogen-bond donors (Lipinski definition) is 2. The zero-order valence-electron chi connectivity index (χ0n) is 15.2. The van der Waals surface area contributed by atoms with Gasteiger partial charge in [-0.15, -0.1) is 11.3 Å². The van der Waals surface area contributed by atoms with Crippen molar-refractivity contribution in [3.8, 4) is 11.3 Å². The van der Waals surface area contributed by atoms with Gasteiger partial charge in [0.15, 0.2) is 5.13 Å². The molecule has 28 heavy (non-hydrogen) atoms. The van der Waals surface area contributed by atoms with E-state index in [2.05, 4.69) is 29.5 Å². The van der Waals surface area contributed by atoms with Gasteiger partial charge in [-0.3, -0.25) is 5.32 Å². The molecule has 0 unspecified atom stereocenters. The highest BCUT2D eigenvalue weighted by molar-refractivity contribution is 7.14. The van der Waals surface area contributed by atoms with Gasteiger partial charge in [-0.25, -0.2) is 9.78 Å². The van der Waals surface area contributed by atoms with Gasteiger partial charge in [0.25, 0.3) is 0 Å². The van der Waals surface area contributed by atoms with Gasteiger partial charge in [0.2, 0.25) is 0 Å². The molecule has 8 heteroatoms. The summed E-state index contributed by atoms with van der Waals surface area (Å²) < 4.78 is 38.2. The lowest BCUT2D eigenvalue weighted by Crippen LogP contribution is -2.19. The molecule has 0 fully saturated rings. The van der Waals surface area contributed by atoms with Crippen molar-refractivity contribution in [2.75, 3.05) is 10.6 Å². The SMILES string of the molecule is CC(C)c1ccc(-c2csc(NC(=O)Nc3cccc(C(F)(F)F)c3)n2)cc1. The van der Waals surface area contributed by atoms with Crippen LogP contribution in [0.2, 0.25) is 0 Å². The molecular weight excluding hydrogens is 387 g/mol. The molecular formula is C20H18F3N3OS. The molecule has 146 valence electrons. The molecule has 2 aromatic carbocycles. The van der Waals surface area contributed by atoms with Gasteiger partial charge < -0.3 is 5.32 Å². The minimum absolute atomic E-state index is 0.0494. The Labute approximate surface area is 164 Å². The molecule has 2 amide bonds. The first-order valence-electron chi connectivity index (χ1n) is 8.53. The average molecular weight is 405 g/mol. The summed E-state index contributed by atoms with van der Waals surface area (Å²) in [7, 11) is 0. The van der Waals surface area contributed by atoms with Crippen LogP contribution in [-0.2, 0) is 6.18 Å². The van der Waals surface area contributed by atoms with Gasteiger partial charge in [-0.05, 0) is 29.7 Å². The maximum absolute atomic E-state index is 12.7. The Morgan fingerprint density at radius 3 is 2.43 bits per heavy atom. The Balaban J connectivity index is 1.66. The molecule has 0 saturated heterocycles. The largest absolute Gasteiger partial charge is 0.416 e. The van der Waals surface area contributed by atoms with Crippen molar-refractivity contribution >= 4 is 28.2 Å². The highest BCUT2D eigenvalue weighted by Crippen LogP contribution is 2.31. The molecule has 0 saturated carbocycles. The highest BCUT2D eigenvalue weighted by atomic mass is 32.1. The van der Waals surface area contributed by atoms with Crippen LogP contribution in [0, 0.1) is 0 Å².